The van der Waals surface area contributed by atoms with Crippen molar-refractivity contribution < 1.29 is 13.6 Å². The second-order valence-corrected chi connectivity index (χ2v) is 8.97. The third-order valence-electron chi connectivity index (χ3n) is 6.43. The van der Waals surface area contributed by atoms with Crippen LogP contribution in [-0.4, -0.2) is 23.9 Å². The second kappa shape index (κ2) is 11.8. The fraction of sp³-hybridized carbons (Fsp3) is 0.500. The molecule has 32 heavy (non-hydrogen) atoms. The average molecular weight is 444 g/mol. The highest BCUT2D eigenvalue weighted by Gasteiger charge is 2.30. The van der Waals surface area contributed by atoms with E-state index in [4.69, 9.17) is 0 Å². The Kier molecular flexibility index (Phi) is 9.48. The smallest absolute Gasteiger partial charge is 0.222 e. The van der Waals surface area contributed by atoms with Gasteiger partial charge < -0.3 is 4.90 Å². The number of azo groups is 1. The van der Waals surface area contributed by atoms with E-state index in [1.807, 2.05) is 4.90 Å². The molecule has 1 saturated heterocycles. The molecule has 0 aliphatic carbocycles. The molecular weight excluding hydrogens is 408 g/mol. The van der Waals surface area contributed by atoms with Crippen molar-refractivity contribution in [2.24, 2.45) is 21.6 Å². The SMILES string of the molecule is C=C/N=N\C(=C/C(=C)[C@@H](CCCC(=O)N1CCCC1)C(C)(C)CC)c1c(F)cccc1F. The first-order valence-corrected chi connectivity index (χ1v) is 11.4. The summed E-state index contributed by atoms with van der Waals surface area (Å²) < 4.78 is 28.9. The standard InChI is InChI=1S/C26H35F2N3O/c1-6-26(4,5)20(12-10-15-24(32)31-16-8-9-17-31)19(3)18-23(30-29-7-2)25-21(27)13-11-14-22(25)28/h7,11,13-14,18,20H,2-3,6,8-10,12,15-17H2,1,4-5H3/b23-18-,30-29-/t20-/m1/s1. The Hall–Kier alpha value is -2.63. The molecule has 1 amide bonds. The molecule has 1 atom stereocenters. The number of carbonyl (C=O) groups is 1. The summed E-state index contributed by atoms with van der Waals surface area (Å²) in [7, 11) is 0. The van der Waals surface area contributed by atoms with Gasteiger partial charge in [-0.05, 0) is 60.8 Å². The van der Waals surface area contributed by atoms with Gasteiger partial charge in [0.25, 0.3) is 0 Å². The number of halogens is 2. The van der Waals surface area contributed by atoms with Crippen LogP contribution in [0.3, 0.4) is 0 Å². The van der Waals surface area contributed by atoms with Gasteiger partial charge in [0.2, 0.25) is 5.91 Å². The number of amides is 1. The van der Waals surface area contributed by atoms with Crippen LogP contribution in [0.5, 0.6) is 0 Å². The lowest BCUT2D eigenvalue weighted by atomic mass is 9.70. The van der Waals surface area contributed by atoms with Gasteiger partial charge in [0.1, 0.15) is 11.6 Å². The summed E-state index contributed by atoms with van der Waals surface area (Å²) in [5, 5.41) is 7.74. The van der Waals surface area contributed by atoms with E-state index in [-0.39, 0.29) is 28.5 Å². The van der Waals surface area contributed by atoms with E-state index in [1.54, 1.807) is 6.08 Å². The molecule has 174 valence electrons. The normalized spacial score (nSPS) is 15.9. The first-order valence-electron chi connectivity index (χ1n) is 11.4. The first kappa shape index (κ1) is 25.6. The highest BCUT2D eigenvalue weighted by Crippen LogP contribution is 2.40. The van der Waals surface area contributed by atoms with E-state index in [9.17, 15) is 13.6 Å². The van der Waals surface area contributed by atoms with Crippen molar-refractivity contribution in [3.05, 3.63) is 66.4 Å². The third-order valence-corrected chi connectivity index (χ3v) is 6.43. The highest BCUT2D eigenvalue weighted by atomic mass is 19.1. The van der Waals surface area contributed by atoms with E-state index >= 15 is 0 Å². The number of nitrogens with zero attached hydrogens (tertiary/aromatic N) is 3. The molecule has 0 spiro atoms. The summed E-state index contributed by atoms with van der Waals surface area (Å²) in [6, 6.07) is 3.69. The predicted octanol–water partition coefficient (Wildman–Crippen LogP) is 7.30. The number of rotatable bonds is 11. The largest absolute Gasteiger partial charge is 0.343 e. The second-order valence-electron chi connectivity index (χ2n) is 8.97. The molecule has 0 aromatic heterocycles. The number of likely N-dealkylation sites (tertiary alicyclic amines) is 1. The van der Waals surface area contributed by atoms with Crippen LogP contribution < -0.4 is 0 Å². The zero-order chi connectivity index (χ0) is 23.7. The number of hydrogen-bond donors (Lipinski definition) is 0. The van der Waals surface area contributed by atoms with Crippen LogP contribution >= 0.6 is 0 Å². The summed E-state index contributed by atoms with van der Waals surface area (Å²) >= 11 is 0. The predicted molar refractivity (Wildman–Crippen MR) is 126 cm³/mol. The van der Waals surface area contributed by atoms with Gasteiger partial charge in [-0.15, -0.1) is 0 Å². The molecule has 1 aliphatic rings. The molecule has 1 aliphatic heterocycles. The molecule has 6 heteroatoms. The summed E-state index contributed by atoms with van der Waals surface area (Å²) in [5.41, 5.74) is 0.428. The van der Waals surface area contributed by atoms with Gasteiger partial charge >= 0.3 is 0 Å². The zero-order valence-corrected chi connectivity index (χ0v) is 19.5. The Morgan fingerprint density at radius 3 is 2.44 bits per heavy atom. The lowest BCUT2D eigenvalue weighted by Gasteiger charge is -2.34. The van der Waals surface area contributed by atoms with Crippen LogP contribution in [0.4, 0.5) is 8.78 Å². The molecule has 0 saturated carbocycles. The molecule has 2 rings (SSSR count). The molecule has 4 nitrogen and oxygen atoms in total. The quantitative estimate of drug-likeness (QED) is 0.261. The van der Waals surface area contributed by atoms with E-state index in [0.717, 1.165) is 45.2 Å². The lowest BCUT2D eigenvalue weighted by molar-refractivity contribution is -0.130. The van der Waals surface area contributed by atoms with Gasteiger partial charge in [-0.3, -0.25) is 4.79 Å². The van der Waals surface area contributed by atoms with Gasteiger partial charge in [0.15, 0.2) is 0 Å². The summed E-state index contributed by atoms with van der Waals surface area (Å²) in [6.07, 6.45) is 7.85. The van der Waals surface area contributed by atoms with Crippen LogP contribution in [0.25, 0.3) is 5.70 Å². The first-order chi connectivity index (χ1) is 15.2. The fourth-order valence-corrected chi connectivity index (χ4v) is 4.18. The molecule has 1 aromatic carbocycles. The highest BCUT2D eigenvalue weighted by molar-refractivity contribution is 5.76. The zero-order valence-electron chi connectivity index (χ0n) is 19.5. The Labute approximate surface area is 190 Å². The van der Waals surface area contributed by atoms with E-state index < -0.39 is 11.6 Å². The number of carbonyl (C=O) groups excluding carboxylic acids is 1. The average Bonchev–Trinajstić information content (AvgIpc) is 3.29. The molecule has 0 bridgehead atoms. The Balaban J connectivity index is 2.27. The van der Waals surface area contributed by atoms with Gasteiger partial charge in [-0.2, -0.15) is 10.2 Å². The minimum absolute atomic E-state index is 0.0163. The van der Waals surface area contributed by atoms with Crippen LogP contribution in [0.15, 0.2) is 59.4 Å². The van der Waals surface area contributed by atoms with Gasteiger partial charge in [-0.25, -0.2) is 8.78 Å². The summed E-state index contributed by atoms with van der Waals surface area (Å²) in [4.78, 5) is 14.4. The molecule has 0 unspecified atom stereocenters. The van der Waals surface area contributed by atoms with Crippen molar-refractivity contribution in [2.75, 3.05) is 13.1 Å². The maximum atomic E-state index is 14.4. The Morgan fingerprint density at radius 2 is 1.88 bits per heavy atom. The molecule has 0 N–H and O–H groups in total. The maximum absolute atomic E-state index is 14.4. The van der Waals surface area contributed by atoms with Crippen molar-refractivity contribution in [3.8, 4) is 0 Å². The Morgan fingerprint density at radius 1 is 1.25 bits per heavy atom. The number of allylic oxidation sites excluding steroid dienone is 2. The maximum Gasteiger partial charge on any atom is 0.222 e. The third kappa shape index (κ3) is 6.68. The van der Waals surface area contributed by atoms with E-state index in [2.05, 4.69) is 44.2 Å². The van der Waals surface area contributed by atoms with Gasteiger partial charge in [0.05, 0.1) is 11.3 Å². The number of benzene rings is 1. The van der Waals surface area contributed by atoms with Crippen LogP contribution in [0, 0.1) is 23.0 Å². The molecular formula is C26H35F2N3O. The van der Waals surface area contributed by atoms with Crippen molar-refractivity contribution in [1.29, 1.82) is 0 Å². The molecule has 0 radical (unpaired) electrons. The monoisotopic (exact) mass is 443 g/mol. The van der Waals surface area contributed by atoms with E-state index in [0.29, 0.717) is 12.0 Å². The minimum Gasteiger partial charge on any atom is -0.343 e. The van der Waals surface area contributed by atoms with Crippen LogP contribution in [-0.2, 0) is 4.79 Å². The summed E-state index contributed by atoms with van der Waals surface area (Å²) in [6.45, 7) is 15.8. The topological polar surface area (TPSA) is 45.0 Å². The van der Waals surface area contributed by atoms with Crippen LogP contribution in [0.1, 0.15) is 64.9 Å². The van der Waals surface area contributed by atoms with Crippen molar-refractivity contribution in [2.45, 2.75) is 59.3 Å². The van der Waals surface area contributed by atoms with E-state index in [1.165, 1.54) is 24.4 Å². The number of hydrogen-bond acceptors (Lipinski definition) is 3. The van der Waals surface area contributed by atoms with Crippen molar-refractivity contribution >= 4 is 11.6 Å². The molecule has 1 heterocycles. The van der Waals surface area contributed by atoms with Crippen LogP contribution in [0.2, 0.25) is 0 Å². The molecule has 1 fully saturated rings. The van der Waals surface area contributed by atoms with Crippen molar-refractivity contribution in [1.82, 2.24) is 4.90 Å². The van der Waals surface area contributed by atoms with Gasteiger partial charge in [0, 0.05) is 25.7 Å². The Bertz CT molecular complexity index is 863. The minimum atomic E-state index is -0.713. The summed E-state index contributed by atoms with van der Waals surface area (Å²) in [5.74, 6) is -1.21. The van der Waals surface area contributed by atoms with Crippen molar-refractivity contribution in [3.63, 3.8) is 0 Å². The lowest BCUT2D eigenvalue weighted by Crippen LogP contribution is -2.28. The van der Waals surface area contributed by atoms with Gasteiger partial charge in [-0.1, -0.05) is 46.4 Å². The fourth-order valence-electron chi connectivity index (χ4n) is 4.18. The molecule has 1 aromatic rings.